The fourth-order valence-corrected chi connectivity index (χ4v) is 5.28. The molecule has 4 aromatic carbocycles. The van der Waals surface area contributed by atoms with Crippen molar-refractivity contribution in [2.75, 3.05) is 14.2 Å². The van der Waals surface area contributed by atoms with Crippen LogP contribution in [0, 0.1) is 0 Å². The second-order valence-electron chi connectivity index (χ2n) is 8.55. The first-order valence-electron chi connectivity index (χ1n) is 11.1. The highest BCUT2D eigenvalue weighted by molar-refractivity contribution is 5.88. The van der Waals surface area contributed by atoms with Crippen LogP contribution < -0.4 is 0 Å². The van der Waals surface area contributed by atoms with Gasteiger partial charge in [-0.15, -0.1) is 0 Å². The predicted molar refractivity (Wildman–Crippen MR) is 130 cm³/mol. The number of benzene rings is 4. The van der Waals surface area contributed by atoms with Gasteiger partial charge in [0.1, 0.15) is 17.2 Å². The number of rotatable bonds is 6. The smallest absolute Gasteiger partial charge is 0.121 e. The first-order chi connectivity index (χ1) is 16.5. The Balaban J connectivity index is 1.93. The molecule has 0 aromatic heterocycles. The minimum Gasteiger partial charge on any atom is -0.508 e. The van der Waals surface area contributed by atoms with E-state index in [1.54, 1.807) is 32.4 Å². The summed E-state index contributed by atoms with van der Waals surface area (Å²) < 4.78 is 10.7. The molecule has 5 nitrogen and oxygen atoms in total. The van der Waals surface area contributed by atoms with Crippen LogP contribution in [0.2, 0.25) is 0 Å². The lowest BCUT2D eigenvalue weighted by atomic mass is 9.67. The van der Waals surface area contributed by atoms with Crippen molar-refractivity contribution >= 4 is 0 Å². The molecule has 0 spiro atoms. The van der Waals surface area contributed by atoms with Crippen molar-refractivity contribution in [3.8, 4) is 28.4 Å². The van der Waals surface area contributed by atoms with Gasteiger partial charge in [-0.3, -0.25) is 0 Å². The van der Waals surface area contributed by atoms with E-state index in [4.69, 9.17) is 9.47 Å². The van der Waals surface area contributed by atoms with E-state index in [1.807, 2.05) is 48.5 Å². The van der Waals surface area contributed by atoms with Crippen molar-refractivity contribution in [1.82, 2.24) is 0 Å². The lowest BCUT2D eigenvalue weighted by Gasteiger charge is -2.35. The van der Waals surface area contributed by atoms with Gasteiger partial charge in [-0.1, -0.05) is 48.5 Å². The molecule has 1 aliphatic rings. The summed E-state index contributed by atoms with van der Waals surface area (Å²) >= 11 is 0. The van der Waals surface area contributed by atoms with Crippen LogP contribution in [-0.4, -0.2) is 29.5 Å². The van der Waals surface area contributed by atoms with Gasteiger partial charge in [-0.05, 0) is 58.1 Å². The van der Waals surface area contributed by atoms with Gasteiger partial charge in [0.05, 0.1) is 18.6 Å². The Morgan fingerprint density at radius 2 is 1.18 bits per heavy atom. The number of ether oxygens (including phenoxy) is 2. The van der Waals surface area contributed by atoms with Crippen LogP contribution in [0.1, 0.15) is 33.4 Å². The highest BCUT2D eigenvalue weighted by atomic mass is 16.5. The molecule has 0 atom stereocenters. The minimum absolute atomic E-state index is 0.148. The highest BCUT2D eigenvalue weighted by Gasteiger charge is 2.48. The molecule has 0 unspecified atom stereocenters. The molecule has 3 N–H and O–H groups in total. The maximum Gasteiger partial charge on any atom is 0.121 e. The summed E-state index contributed by atoms with van der Waals surface area (Å²) in [6.07, 6.45) is 0. The number of phenols is 3. The van der Waals surface area contributed by atoms with Crippen molar-refractivity contribution in [2.45, 2.75) is 18.6 Å². The van der Waals surface area contributed by atoms with Gasteiger partial charge in [-0.25, -0.2) is 0 Å². The molecule has 0 radical (unpaired) electrons. The van der Waals surface area contributed by atoms with Crippen LogP contribution in [0.25, 0.3) is 11.1 Å². The monoisotopic (exact) mass is 454 g/mol. The van der Waals surface area contributed by atoms with E-state index in [-0.39, 0.29) is 30.5 Å². The maximum absolute atomic E-state index is 11.3. The Hall–Kier alpha value is -3.80. The summed E-state index contributed by atoms with van der Waals surface area (Å²) in [7, 11) is 3.18. The second-order valence-corrected chi connectivity index (χ2v) is 8.55. The van der Waals surface area contributed by atoms with E-state index < -0.39 is 5.41 Å². The van der Waals surface area contributed by atoms with Crippen LogP contribution in [0.3, 0.4) is 0 Å². The number of methoxy groups -OCH3 is 2. The molecule has 0 fully saturated rings. The third-order valence-electron chi connectivity index (χ3n) is 6.66. The van der Waals surface area contributed by atoms with E-state index in [2.05, 4.69) is 12.1 Å². The Bertz CT molecular complexity index is 1320. The van der Waals surface area contributed by atoms with Crippen molar-refractivity contribution < 1.29 is 24.8 Å². The molecule has 34 heavy (non-hydrogen) atoms. The average molecular weight is 455 g/mol. The zero-order chi connectivity index (χ0) is 23.9. The molecule has 0 saturated carbocycles. The quantitative estimate of drug-likeness (QED) is 0.318. The maximum atomic E-state index is 11.3. The Labute approximate surface area is 198 Å². The lowest BCUT2D eigenvalue weighted by Crippen LogP contribution is -2.29. The standard InChI is InChI=1S/C29H26O5/c1-33-16-18-14-20(10-12-25(18)30)29(21-11-13-26(31)19(15-21)17-34-2)24-8-4-3-6-22(24)23-7-5-9-27(32)28(23)29/h3-15,30-32H,16-17H2,1-2H3. The average Bonchev–Trinajstić information content (AvgIpc) is 3.15. The SMILES string of the molecule is COCc1cc(C2(c3ccc(O)c(COC)c3)c3ccccc3-c3cccc(O)c32)ccc1O. The molecule has 0 aliphatic heterocycles. The van der Waals surface area contributed by atoms with Crippen LogP contribution in [0.4, 0.5) is 0 Å². The Morgan fingerprint density at radius 1 is 0.618 bits per heavy atom. The molecule has 0 heterocycles. The summed E-state index contributed by atoms with van der Waals surface area (Å²) in [4.78, 5) is 0. The van der Waals surface area contributed by atoms with E-state index in [0.717, 1.165) is 33.4 Å². The molecule has 5 heteroatoms. The number of phenolic OH excluding ortho intramolecular Hbond substituents is 3. The van der Waals surface area contributed by atoms with E-state index in [9.17, 15) is 15.3 Å². The van der Waals surface area contributed by atoms with Gasteiger partial charge in [-0.2, -0.15) is 0 Å². The lowest BCUT2D eigenvalue weighted by molar-refractivity contribution is 0.182. The molecule has 5 rings (SSSR count). The van der Waals surface area contributed by atoms with Gasteiger partial charge < -0.3 is 24.8 Å². The predicted octanol–water partition coefficient (Wildman–Crippen LogP) is 5.46. The fraction of sp³-hybridized carbons (Fsp3) is 0.172. The third-order valence-corrected chi connectivity index (χ3v) is 6.66. The number of fused-ring (bicyclic) bond motifs is 3. The summed E-state index contributed by atoms with van der Waals surface area (Å²) in [6, 6.07) is 24.6. The van der Waals surface area contributed by atoms with Gasteiger partial charge >= 0.3 is 0 Å². The summed E-state index contributed by atoms with van der Waals surface area (Å²) in [6.45, 7) is 0.491. The topological polar surface area (TPSA) is 79.2 Å². The molecule has 172 valence electrons. The minimum atomic E-state index is -0.885. The second kappa shape index (κ2) is 8.52. The Kier molecular flexibility index (Phi) is 5.52. The van der Waals surface area contributed by atoms with Crippen LogP contribution >= 0.6 is 0 Å². The van der Waals surface area contributed by atoms with Crippen LogP contribution in [0.5, 0.6) is 17.2 Å². The zero-order valence-electron chi connectivity index (χ0n) is 19.1. The van der Waals surface area contributed by atoms with E-state index >= 15 is 0 Å². The number of aromatic hydroxyl groups is 3. The van der Waals surface area contributed by atoms with Gasteiger partial charge in [0.15, 0.2) is 0 Å². The third kappa shape index (κ3) is 3.16. The van der Waals surface area contributed by atoms with Crippen molar-refractivity contribution in [1.29, 1.82) is 0 Å². The van der Waals surface area contributed by atoms with Crippen LogP contribution in [-0.2, 0) is 28.1 Å². The van der Waals surface area contributed by atoms with Gasteiger partial charge in [0.2, 0.25) is 0 Å². The van der Waals surface area contributed by atoms with Crippen LogP contribution in [0.15, 0.2) is 78.9 Å². The van der Waals surface area contributed by atoms with E-state index in [1.165, 1.54) is 0 Å². The molecule has 0 saturated heterocycles. The molecule has 0 amide bonds. The van der Waals surface area contributed by atoms with Gasteiger partial charge in [0, 0.05) is 30.9 Å². The summed E-state index contributed by atoms with van der Waals surface area (Å²) in [5, 5.41) is 32.2. The molecular formula is C29H26O5. The first-order valence-corrected chi connectivity index (χ1v) is 11.1. The van der Waals surface area contributed by atoms with E-state index in [0.29, 0.717) is 11.1 Å². The molecular weight excluding hydrogens is 428 g/mol. The normalized spacial score (nSPS) is 13.5. The van der Waals surface area contributed by atoms with Crippen molar-refractivity contribution in [3.05, 3.63) is 112 Å². The highest BCUT2D eigenvalue weighted by Crippen LogP contribution is 2.59. The molecule has 4 aromatic rings. The van der Waals surface area contributed by atoms with Crippen molar-refractivity contribution in [3.63, 3.8) is 0 Å². The summed E-state index contributed by atoms with van der Waals surface area (Å²) in [5.41, 5.74) is 5.90. The zero-order valence-corrected chi connectivity index (χ0v) is 19.1. The fourth-order valence-electron chi connectivity index (χ4n) is 5.28. The largest absolute Gasteiger partial charge is 0.508 e. The Morgan fingerprint density at radius 3 is 1.76 bits per heavy atom. The first kappa shape index (κ1) is 22.0. The van der Waals surface area contributed by atoms with Gasteiger partial charge in [0.25, 0.3) is 0 Å². The van der Waals surface area contributed by atoms with Crippen molar-refractivity contribution in [2.24, 2.45) is 0 Å². The number of hydrogen-bond acceptors (Lipinski definition) is 5. The number of hydrogen-bond donors (Lipinski definition) is 3. The molecule has 1 aliphatic carbocycles. The molecule has 0 bridgehead atoms. The summed E-state index contributed by atoms with van der Waals surface area (Å²) in [5.74, 6) is 0.474.